The van der Waals surface area contributed by atoms with Gasteiger partial charge < -0.3 is 9.47 Å². The lowest BCUT2D eigenvalue weighted by Gasteiger charge is -2.06. The predicted octanol–water partition coefficient (Wildman–Crippen LogP) is 4.71. The van der Waals surface area contributed by atoms with Crippen LogP contribution in [0.5, 0.6) is 17.2 Å². The molecule has 4 heteroatoms. The van der Waals surface area contributed by atoms with Crippen molar-refractivity contribution in [1.29, 1.82) is 0 Å². The van der Waals surface area contributed by atoms with Crippen molar-refractivity contribution in [2.75, 3.05) is 6.07 Å². The highest BCUT2D eigenvalue weighted by Gasteiger charge is 1.98. The van der Waals surface area contributed by atoms with E-state index in [1.165, 1.54) is 0 Å². The largest absolute Gasteiger partial charge is 0.478 e. The number of halogens is 2. The van der Waals surface area contributed by atoms with Crippen molar-refractivity contribution in [3.8, 4) is 17.2 Å². The molecule has 0 aromatic heterocycles. The lowest BCUT2D eigenvalue weighted by atomic mass is 10.3. The first-order valence-electron chi connectivity index (χ1n) is 5.00. The van der Waals surface area contributed by atoms with E-state index in [-0.39, 0.29) is 6.07 Å². The molecule has 0 bridgehead atoms. The lowest BCUT2D eigenvalue weighted by molar-refractivity contribution is 0.386. The fourth-order valence-corrected chi connectivity index (χ4v) is 1.56. The molecule has 0 fully saturated rings. The molecule has 0 atom stereocenters. The maximum absolute atomic E-state index is 5.79. The molecule has 2 aromatic rings. The Morgan fingerprint density at radius 1 is 0.765 bits per heavy atom. The van der Waals surface area contributed by atoms with Crippen molar-refractivity contribution in [2.24, 2.45) is 0 Å². The van der Waals surface area contributed by atoms with Gasteiger partial charge in [0.15, 0.2) is 6.07 Å². The van der Waals surface area contributed by atoms with E-state index in [0.29, 0.717) is 10.8 Å². The highest BCUT2D eigenvalue weighted by molar-refractivity contribution is 6.30. The SMILES string of the molecule is ClCOc1ccc(Oc2ccc(Cl)cc2)cc1. The monoisotopic (exact) mass is 268 g/mol. The Balaban J connectivity index is 2.05. The fraction of sp³-hybridized carbons (Fsp3) is 0.0769. The second kappa shape index (κ2) is 5.80. The number of alkyl halides is 1. The molecular weight excluding hydrogens is 259 g/mol. The molecule has 0 N–H and O–H groups in total. The second-order valence-electron chi connectivity index (χ2n) is 3.28. The summed E-state index contributed by atoms with van der Waals surface area (Å²) in [5, 5.41) is 0.684. The minimum Gasteiger partial charge on any atom is -0.478 e. The number of benzene rings is 2. The Morgan fingerprint density at radius 2 is 1.24 bits per heavy atom. The molecule has 0 aliphatic carbocycles. The Labute approximate surface area is 110 Å². The Morgan fingerprint density at radius 3 is 1.76 bits per heavy atom. The van der Waals surface area contributed by atoms with E-state index >= 15 is 0 Å². The summed E-state index contributed by atoms with van der Waals surface area (Å²) in [6.07, 6.45) is 0. The normalized spacial score (nSPS) is 10.0. The summed E-state index contributed by atoms with van der Waals surface area (Å²) in [7, 11) is 0. The second-order valence-corrected chi connectivity index (χ2v) is 3.94. The van der Waals surface area contributed by atoms with Gasteiger partial charge in [-0.2, -0.15) is 0 Å². The summed E-state index contributed by atoms with van der Waals surface area (Å²) < 4.78 is 10.7. The van der Waals surface area contributed by atoms with Crippen LogP contribution in [0, 0.1) is 0 Å². The fourth-order valence-electron chi connectivity index (χ4n) is 1.31. The molecule has 0 saturated heterocycles. The van der Waals surface area contributed by atoms with E-state index < -0.39 is 0 Å². The molecule has 2 aromatic carbocycles. The van der Waals surface area contributed by atoms with E-state index in [4.69, 9.17) is 32.7 Å². The minimum absolute atomic E-state index is 0.136. The zero-order valence-corrected chi connectivity index (χ0v) is 10.4. The van der Waals surface area contributed by atoms with Gasteiger partial charge in [0.05, 0.1) is 0 Å². The van der Waals surface area contributed by atoms with Crippen LogP contribution in [-0.4, -0.2) is 6.07 Å². The Kier molecular flexibility index (Phi) is 4.13. The smallest absolute Gasteiger partial charge is 0.162 e. The van der Waals surface area contributed by atoms with Crippen LogP contribution in [0.15, 0.2) is 48.5 Å². The van der Waals surface area contributed by atoms with Crippen molar-refractivity contribution >= 4 is 23.2 Å². The van der Waals surface area contributed by atoms with Crippen LogP contribution in [0.3, 0.4) is 0 Å². The number of hydrogen-bond donors (Lipinski definition) is 0. The third-order valence-corrected chi connectivity index (χ3v) is 2.46. The van der Waals surface area contributed by atoms with Gasteiger partial charge in [-0.15, -0.1) is 0 Å². The number of hydrogen-bond acceptors (Lipinski definition) is 2. The predicted molar refractivity (Wildman–Crippen MR) is 69.3 cm³/mol. The maximum Gasteiger partial charge on any atom is 0.162 e. The summed E-state index contributed by atoms with van der Waals surface area (Å²) in [5.41, 5.74) is 0. The summed E-state index contributed by atoms with van der Waals surface area (Å²) in [4.78, 5) is 0. The highest BCUT2D eigenvalue weighted by atomic mass is 35.5. The summed E-state index contributed by atoms with van der Waals surface area (Å²) in [6.45, 7) is 0. The zero-order valence-electron chi connectivity index (χ0n) is 8.90. The van der Waals surface area contributed by atoms with Crippen molar-refractivity contribution in [2.45, 2.75) is 0 Å². The van der Waals surface area contributed by atoms with Crippen molar-refractivity contribution in [3.05, 3.63) is 53.6 Å². The molecule has 0 spiro atoms. The van der Waals surface area contributed by atoms with E-state index in [1.807, 2.05) is 24.3 Å². The molecule has 0 saturated carbocycles. The van der Waals surface area contributed by atoms with Crippen LogP contribution in [0.1, 0.15) is 0 Å². The number of rotatable bonds is 4. The molecule has 0 radical (unpaired) electrons. The van der Waals surface area contributed by atoms with Crippen LogP contribution in [0.4, 0.5) is 0 Å². The van der Waals surface area contributed by atoms with Gasteiger partial charge >= 0.3 is 0 Å². The first-order chi connectivity index (χ1) is 8.28. The van der Waals surface area contributed by atoms with Crippen molar-refractivity contribution < 1.29 is 9.47 Å². The lowest BCUT2D eigenvalue weighted by Crippen LogP contribution is -1.89. The average Bonchev–Trinajstić information content (AvgIpc) is 2.35. The molecule has 17 heavy (non-hydrogen) atoms. The van der Waals surface area contributed by atoms with Crippen LogP contribution >= 0.6 is 23.2 Å². The molecule has 88 valence electrons. The van der Waals surface area contributed by atoms with Gasteiger partial charge in [0, 0.05) is 5.02 Å². The van der Waals surface area contributed by atoms with Gasteiger partial charge in [0.2, 0.25) is 0 Å². The van der Waals surface area contributed by atoms with Gasteiger partial charge in [-0.25, -0.2) is 0 Å². The van der Waals surface area contributed by atoms with Crippen LogP contribution in [0.25, 0.3) is 0 Å². The van der Waals surface area contributed by atoms with Crippen LogP contribution < -0.4 is 9.47 Å². The van der Waals surface area contributed by atoms with E-state index in [2.05, 4.69) is 0 Å². The van der Waals surface area contributed by atoms with Gasteiger partial charge in [-0.1, -0.05) is 23.2 Å². The maximum atomic E-state index is 5.79. The number of ether oxygens (including phenoxy) is 2. The molecular formula is C13H10Cl2O2. The topological polar surface area (TPSA) is 18.5 Å². The summed E-state index contributed by atoms with van der Waals surface area (Å²) >= 11 is 11.2. The Hall–Kier alpha value is -1.38. The quantitative estimate of drug-likeness (QED) is 0.748. The first-order valence-corrected chi connectivity index (χ1v) is 5.91. The van der Waals surface area contributed by atoms with Gasteiger partial charge in [-0.3, -0.25) is 0 Å². The molecule has 0 unspecified atom stereocenters. The molecule has 0 aliphatic heterocycles. The van der Waals surface area contributed by atoms with E-state index in [9.17, 15) is 0 Å². The van der Waals surface area contributed by atoms with Crippen LogP contribution in [-0.2, 0) is 0 Å². The molecule has 0 aliphatic rings. The molecule has 2 rings (SSSR count). The highest BCUT2D eigenvalue weighted by Crippen LogP contribution is 2.24. The first kappa shape index (κ1) is 12.1. The van der Waals surface area contributed by atoms with Gasteiger partial charge in [0.25, 0.3) is 0 Å². The summed E-state index contributed by atoms with van der Waals surface area (Å²) in [6, 6.07) is 14.5. The summed E-state index contributed by atoms with van der Waals surface area (Å²) in [5.74, 6) is 2.18. The third kappa shape index (κ3) is 3.55. The molecule has 2 nitrogen and oxygen atoms in total. The average molecular weight is 269 g/mol. The zero-order chi connectivity index (χ0) is 12.1. The molecule has 0 amide bonds. The van der Waals surface area contributed by atoms with E-state index in [1.54, 1.807) is 24.3 Å². The Bertz CT molecular complexity index is 466. The third-order valence-electron chi connectivity index (χ3n) is 2.09. The van der Waals surface area contributed by atoms with Crippen molar-refractivity contribution in [1.82, 2.24) is 0 Å². The minimum atomic E-state index is 0.136. The van der Waals surface area contributed by atoms with Gasteiger partial charge in [0.1, 0.15) is 17.2 Å². The van der Waals surface area contributed by atoms with Gasteiger partial charge in [-0.05, 0) is 48.5 Å². The standard InChI is InChI=1S/C13H10Cl2O2/c14-9-16-11-5-7-13(8-6-11)17-12-3-1-10(15)2-4-12/h1-8H,9H2. The molecule has 0 heterocycles. The van der Waals surface area contributed by atoms with E-state index in [0.717, 1.165) is 11.5 Å². The van der Waals surface area contributed by atoms with Crippen LogP contribution in [0.2, 0.25) is 5.02 Å². The van der Waals surface area contributed by atoms with Crippen molar-refractivity contribution in [3.63, 3.8) is 0 Å².